The van der Waals surface area contributed by atoms with Crippen LogP contribution in [0.2, 0.25) is 0 Å². The van der Waals surface area contributed by atoms with Gasteiger partial charge < -0.3 is 14.6 Å². The predicted molar refractivity (Wildman–Crippen MR) is 102 cm³/mol. The lowest BCUT2D eigenvalue weighted by Gasteiger charge is -2.06. The highest BCUT2D eigenvalue weighted by Gasteiger charge is 2.13. The van der Waals surface area contributed by atoms with Crippen LogP contribution >= 0.6 is 11.8 Å². The van der Waals surface area contributed by atoms with E-state index in [2.05, 4.69) is 15.5 Å². The van der Waals surface area contributed by atoms with Crippen LogP contribution in [0.5, 0.6) is 5.75 Å². The molecule has 6 nitrogen and oxygen atoms in total. The summed E-state index contributed by atoms with van der Waals surface area (Å²) in [6, 6.07) is 13.6. The summed E-state index contributed by atoms with van der Waals surface area (Å²) in [6.07, 6.45) is 0. The van der Waals surface area contributed by atoms with Gasteiger partial charge in [-0.3, -0.25) is 4.79 Å². The second-order valence-corrected chi connectivity index (χ2v) is 6.73. The minimum atomic E-state index is -0.296. The summed E-state index contributed by atoms with van der Waals surface area (Å²) in [5.74, 6) is 1.28. The Morgan fingerprint density at radius 2 is 1.85 bits per heavy atom. The average Bonchev–Trinajstić information content (AvgIpc) is 3.06. The smallest absolute Gasteiger partial charge is 0.230 e. The number of hydrogen-bond acceptors (Lipinski definition) is 5. The summed E-state index contributed by atoms with van der Waals surface area (Å²) in [6.45, 7) is 0.357. The van der Waals surface area contributed by atoms with Crippen LogP contribution in [0.3, 0.4) is 0 Å². The van der Waals surface area contributed by atoms with E-state index in [0.29, 0.717) is 17.5 Å². The lowest BCUT2D eigenvalue weighted by Crippen LogP contribution is -2.24. The van der Waals surface area contributed by atoms with Crippen LogP contribution in [0.15, 0.2) is 53.7 Å². The largest absolute Gasteiger partial charge is 0.497 e. The minimum Gasteiger partial charge on any atom is -0.497 e. The second-order valence-electron chi connectivity index (χ2n) is 5.79. The number of aromatic nitrogens is 3. The van der Waals surface area contributed by atoms with Crippen molar-refractivity contribution in [3.8, 4) is 17.1 Å². The first-order valence-corrected chi connectivity index (χ1v) is 9.23. The summed E-state index contributed by atoms with van der Waals surface area (Å²) in [4.78, 5) is 12.0. The Labute approximate surface area is 160 Å². The zero-order chi connectivity index (χ0) is 19.2. The van der Waals surface area contributed by atoms with Crippen molar-refractivity contribution in [1.82, 2.24) is 20.1 Å². The molecule has 1 aromatic heterocycles. The van der Waals surface area contributed by atoms with Gasteiger partial charge in [-0.1, -0.05) is 23.9 Å². The van der Waals surface area contributed by atoms with Crippen molar-refractivity contribution in [3.05, 3.63) is 59.9 Å². The van der Waals surface area contributed by atoms with E-state index >= 15 is 0 Å². The molecule has 0 radical (unpaired) electrons. The van der Waals surface area contributed by atoms with Gasteiger partial charge in [0.15, 0.2) is 11.0 Å². The number of carbonyl (C=O) groups is 1. The molecular formula is C19H19FN4O2S. The Balaban J connectivity index is 1.55. The normalized spacial score (nSPS) is 10.6. The number of methoxy groups -OCH3 is 1. The fourth-order valence-corrected chi connectivity index (χ4v) is 3.16. The van der Waals surface area contributed by atoms with Gasteiger partial charge in [0, 0.05) is 19.2 Å². The van der Waals surface area contributed by atoms with Crippen molar-refractivity contribution in [2.45, 2.75) is 11.7 Å². The van der Waals surface area contributed by atoms with Gasteiger partial charge in [0.25, 0.3) is 0 Å². The van der Waals surface area contributed by atoms with Gasteiger partial charge in [0.1, 0.15) is 11.6 Å². The van der Waals surface area contributed by atoms with Gasteiger partial charge in [-0.15, -0.1) is 10.2 Å². The lowest BCUT2D eigenvalue weighted by atomic mass is 10.2. The third-order valence-corrected chi connectivity index (χ3v) is 4.94. The second kappa shape index (κ2) is 8.68. The topological polar surface area (TPSA) is 69.0 Å². The maximum Gasteiger partial charge on any atom is 0.230 e. The first kappa shape index (κ1) is 18.9. The molecule has 3 aromatic rings. The standard InChI is InChI=1S/C19H19FN4O2S/c1-24-18(14-5-9-16(26-2)10-6-14)22-23-19(24)27-12-17(25)21-11-13-3-7-15(20)8-4-13/h3-10H,11-12H2,1-2H3,(H,21,25). The molecule has 2 aromatic carbocycles. The molecule has 0 spiro atoms. The number of rotatable bonds is 7. The summed E-state index contributed by atoms with van der Waals surface area (Å²) in [5, 5.41) is 11.8. The van der Waals surface area contributed by atoms with Gasteiger partial charge >= 0.3 is 0 Å². The Bertz CT molecular complexity index is 910. The number of halogens is 1. The minimum absolute atomic E-state index is 0.127. The molecule has 1 N–H and O–H groups in total. The quantitative estimate of drug-likeness (QED) is 0.632. The molecule has 140 valence electrons. The number of nitrogens with zero attached hydrogens (tertiary/aromatic N) is 3. The van der Waals surface area contributed by atoms with E-state index < -0.39 is 0 Å². The molecular weight excluding hydrogens is 367 g/mol. The molecule has 0 bridgehead atoms. The number of thioether (sulfide) groups is 1. The van der Waals surface area contributed by atoms with E-state index in [4.69, 9.17) is 4.74 Å². The van der Waals surface area contributed by atoms with Crippen LogP contribution in [-0.4, -0.2) is 33.5 Å². The molecule has 0 aliphatic carbocycles. The van der Waals surface area contributed by atoms with Crippen LogP contribution in [0.1, 0.15) is 5.56 Å². The van der Waals surface area contributed by atoms with Crippen LogP contribution in [0.25, 0.3) is 11.4 Å². The maximum atomic E-state index is 12.9. The molecule has 0 unspecified atom stereocenters. The van der Waals surface area contributed by atoms with E-state index in [0.717, 1.165) is 16.9 Å². The highest BCUT2D eigenvalue weighted by molar-refractivity contribution is 7.99. The van der Waals surface area contributed by atoms with Crippen molar-refractivity contribution in [3.63, 3.8) is 0 Å². The molecule has 0 atom stereocenters. The molecule has 3 rings (SSSR count). The average molecular weight is 386 g/mol. The van der Waals surface area contributed by atoms with Gasteiger partial charge in [0.05, 0.1) is 12.9 Å². The SMILES string of the molecule is COc1ccc(-c2nnc(SCC(=O)NCc3ccc(F)cc3)n2C)cc1. The molecule has 1 heterocycles. The number of benzene rings is 2. The summed E-state index contributed by atoms with van der Waals surface area (Å²) in [5.41, 5.74) is 1.76. The van der Waals surface area contributed by atoms with Gasteiger partial charge in [-0.05, 0) is 42.0 Å². The van der Waals surface area contributed by atoms with E-state index in [1.807, 2.05) is 35.9 Å². The molecule has 0 fully saturated rings. The molecule has 8 heteroatoms. The van der Waals surface area contributed by atoms with Crippen LogP contribution in [-0.2, 0) is 18.4 Å². The highest BCUT2D eigenvalue weighted by Crippen LogP contribution is 2.24. The van der Waals surface area contributed by atoms with Crippen molar-refractivity contribution in [2.75, 3.05) is 12.9 Å². The lowest BCUT2D eigenvalue weighted by molar-refractivity contribution is -0.118. The number of ether oxygens (including phenoxy) is 1. The van der Waals surface area contributed by atoms with E-state index in [9.17, 15) is 9.18 Å². The number of amides is 1. The molecule has 0 aliphatic rings. The molecule has 0 saturated carbocycles. The van der Waals surface area contributed by atoms with Crippen molar-refractivity contribution in [2.24, 2.45) is 7.05 Å². The molecule has 0 aliphatic heterocycles. The first-order valence-electron chi connectivity index (χ1n) is 8.24. The zero-order valence-electron chi connectivity index (χ0n) is 15.0. The van der Waals surface area contributed by atoms with E-state index in [-0.39, 0.29) is 17.5 Å². The number of nitrogens with one attached hydrogen (secondary N) is 1. The van der Waals surface area contributed by atoms with Crippen molar-refractivity contribution < 1.29 is 13.9 Å². The monoisotopic (exact) mass is 386 g/mol. The van der Waals surface area contributed by atoms with Gasteiger partial charge in [-0.25, -0.2) is 4.39 Å². The Hall–Kier alpha value is -2.87. The third kappa shape index (κ3) is 4.85. The Morgan fingerprint density at radius 3 is 2.52 bits per heavy atom. The summed E-state index contributed by atoms with van der Waals surface area (Å²) in [7, 11) is 3.48. The summed E-state index contributed by atoms with van der Waals surface area (Å²) < 4.78 is 19.9. The number of hydrogen-bond donors (Lipinski definition) is 1. The van der Waals surface area contributed by atoms with Crippen LogP contribution in [0.4, 0.5) is 4.39 Å². The molecule has 27 heavy (non-hydrogen) atoms. The third-order valence-electron chi connectivity index (χ3n) is 3.92. The number of carbonyl (C=O) groups excluding carboxylic acids is 1. The highest BCUT2D eigenvalue weighted by atomic mass is 32.2. The Morgan fingerprint density at radius 1 is 1.15 bits per heavy atom. The zero-order valence-corrected chi connectivity index (χ0v) is 15.8. The van der Waals surface area contributed by atoms with Gasteiger partial charge in [0.2, 0.25) is 5.91 Å². The molecule has 0 saturated heterocycles. The van der Waals surface area contributed by atoms with Crippen LogP contribution in [0, 0.1) is 5.82 Å². The Kier molecular flexibility index (Phi) is 6.08. The van der Waals surface area contributed by atoms with Crippen molar-refractivity contribution in [1.29, 1.82) is 0 Å². The maximum absolute atomic E-state index is 12.9. The first-order chi connectivity index (χ1) is 13.1. The fourth-order valence-electron chi connectivity index (χ4n) is 2.42. The van der Waals surface area contributed by atoms with Crippen LogP contribution < -0.4 is 10.1 Å². The van der Waals surface area contributed by atoms with E-state index in [1.54, 1.807) is 19.2 Å². The van der Waals surface area contributed by atoms with E-state index in [1.165, 1.54) is 23.9 Å². The summed E-state index contributed by atoms with van der Waals surface area (Å²) >= 11 is 1.31. The van der Waals surface area contributed by atoms with Gasteiger partial charge in [-0.2, -0.15) is 0 Å². The van der Waals surface area contributed by atoms with Crippen molar-refractivity contribution >= 4 is 17.7 Å². The predicted octanol–water partition coefficient (Wildman–Crippen LogP) is 3.04. The molecule has 1 amide bonds. The fraction of sp³-hybridized carbons (Fsp3) is 0.211.